The van der Waals surface area contributed by atoms with Crippen molar-refractivity contribution < 1.29 is 9.53 Å². The molecule has 1 aliphatic rings. The summed E-state index contributed by atoms with van der Waals surface area (Å²) in [5, 5.41) is 3.14. The average molecular weight is 199 g/mol. The van der Waals surface area contributed by atoms with Crippen molar-refractivity contribution in [2.24, 2.45) is 5.92 Å². The van der Waals surface area contributed by atoms with Gasteiger partial charge in [-0.3, -0.25) is 4.79 Å². The molecule has 0 bridgehead atoms. The molecule has 0 aromatic rings. The second-order valence-corrected chi connectivity index (χ2v) is 4.17. The molecule has 2 unspecified atom stereocenters. The molecule has 1 aliphatic heterocycles. The number of carbonyl (C=O) groups excluding carboxylic acids is 1. The first-order chi connectivity index (χ1) is 6.74. The third-order valence-electron chi connectivity index (χ3n) is 2.64. The number of hydrogen-bond acceptors (Lipinski definition) is 3. The minimum atomic E-state index is -0.0644. The van der Waals surface area contributed by atoms with Crippen LogP contribution in [0.4, 0.5) is 0 Å². The standard InChI is InChI=1S/C11H21NO2/c1-3-5-9(2)8-14-11(13)10-6-4-7-12-10/h9-10,12H,3-8H2,1-2H3. The van der Waals surface area contributed by atoms with Crippen LogP contribution in [0.25, 0.3) is 0 Å². The van der Waals surface area contributed by atoms with Crippen molar-refractivity contribution in [3.05, 3.63) is 0 Å². The molecular weight excluding hydrogens is 178 g/mol. The lowest BCUT2D eigenvalue weighted by molar-refractivity contribution is -0.147. The van der Waals surface area contributed by atoms with E-state index in [9.17, 15) is 4.79 Å². The predicted molar refractivity (Wildman–Crippen MR) is 56.1 cm³/mol. The molecule has 0 aromatic heterocycles. The molecule has 1 fully saturated rings. The Bertz CT molecular complexity index is 176. The molecule has 14 heavy (non-hydrogen) atoms. The molecule has 0 aliphatic carbocycles. The lowest BCUT2D eigenvalue weighted by atomic mass is 10.1. The van der Waals surface area contributed by atoms with E-state index in [0.717, 1.165) is 32.2 Å². The zero-order valence-electron chi connectivity index (χ0n) is 9.21. The fraction of sp³-hybridized carbons (Fsp3) is 0.909. The minimum absolute atomic E-state index is 0.0381. The van der Waals surface area contributed by atoms with Gasteiger partial charge in [0.15, 0.2) is 0 Å². The van der Waals surface area contributed by atoms with Gasteiger partial charge in [-0.1, -0.05) is 20.3 Å². The summed E-state index contributed by atoms with van der Waals surface area (Å²) in [6, 6.07) is -0.0381. The molecule has 1 rings (SSSR count). The van der Waals surface area contributed by atoms with E-state index < -0.39 is 0 Å². The van der Waals surface area contributed by atoms with Crippen molar-refractivity contribution in [3.8, 4) is 0 Å². The van der Waals surface area contributed by atoms with Gasteiger partial charge in [-0.25, -0.2) is 0 Å². The molecule has 0 aromatic carbocycles. The maximum Gasteiger partial charge on any atom is 0.323 e. The molecule has 0 amide bonds. The Morgan fingerprint density at radius 3 is 3.00 bits per heavy atom. The van der Waals surface area contributed by atoms with Gasteiger partial charge in [0.25, 0.3) is 0 Å². The molecule has 1 saturated heterocycles. The molecule has 0 radical (unpaired) electrons. The number of hydrogen-bond donors (Lipinski definition) is 1. The second kappa shape index (κ2) is 6.02. The SMILES string of the molecule is CCCC(C)COC(=O)C1CCCN1. The normalized spacial score (nSPS) is 23.4. The number of carbonyl (C=O) groups is 1. The third-order valence-corrected chi connectivity index (χ3v) is 2.64. The van der Waals surface area contributed by atoms with Crippen LogP contribution in [0.15, 0.2) is 0 Å². The van der Waals surface area contributed by atoms with Crippen LogP contribution >= 0.6 is 0 Å². The maximum absolute atomic E-state index is 11.5. The van der Waals surface area contributed by atoms with Gasteiger partial charge in [0.1, 0.15) is 6.04 Å². The van der Waals surface area contributed by atoms with E-state index >= 15 is 0 Å². The minimum Gasteiger partial charge on any atom is -0.464 e. The molecule has 3 nitrogen and oxygen atoms in total. The Hall–Kier alpha value is -0.570. The number of nitrogens with one attached hydrogen (secondary N) is 1. The van der Waals surface area contributed by atoms with Crippen LogP contribution in [0.1, 0.15) is 39.5 Å². The quantitative estimate of drug-likeness (QED) is 0.685. The first-order valence-electron chi connectivity index (χ1n) is 5.64. The Labute approximate surface area is 86.2 Å². The van der Waals surface area contributed by atoms with Crippen molar-refractivity contribution >= 4 is 5.97 Å². The predicted octanol–water partition coefficient (Wildman–Crippen LogP) is 1.72. The van der Waals surface area contributed by atoms with Crippen LogP contribution in [-0.2, 0) is 9.53 Å². The zero-order valence-corrected chi connectivity index (χ0v) is 9.21. The Morgan fingerprint density at radius 1 is 1.64 bits per heavy atom. The highest BCUT2D eigenvalue weighted by Crippen LogP contribution is 2.09. The molecule has 0 saturated carbocycles. The highest BCUT2D eigenvalue weighted by Gasteiger charge is 2.23. The van der Waals surface area contributed by atoms with Crippen LogP contribution in [0, 0.1) is 5.92 Å². The van der Waals surface area contributed by atoms with E-state index in [0.29, 0.717) is 12.5 Å². The highest BCUT2D eigenvalue weighted by molar-refractivity contribution is 5.76. The van der Waals surface area contributed by atoms with Crippen LogP contribution in [-0.4, -0.2) is 25.2 Å². The number of ether oxygens (including phenoxy) is 1. The largest absolute Gasteiger partial charge is 0.464 e. The lowest BCUT2D eigenvalue weighted by Crippen LogP contribution is -2.33. The monoisotopic (exact) mass is 199 g/mol. The first kappa shape index (κ1) is 11.5. The summed E-state index contributed by atoms with van der Waals surface area (Å²) in [7, 11) is 0. The Morgan fingerprint density at radius 2 is 2.43 bits per heavy atom. The number of rotatable bonds is 5. The summed E-state index contributed by atoms with van der Waals surface area (Å²) in [5.74, 6) is 0.427. The summed E-state index contributed by atoms with van der Waals surface area (Å²) in [4.78, 5) is 11.5. The molecule has 2 atom stereocenters. The fourth-order valence-electron chi connectivity index (χ4n) is 1.79. The van der Waals surface area contributed by atoms with E-state index in [1.165, 1.54) is 0 Å². The van der Waals surface area contributed by atoms with Crippen LogP contribution < -0.4 is 5.32 Å². The summed E-state index contributed by atoms with van der Waals surface area (Å²) in [6.45, 7) is 5.80. The topological polar surface area (TPSA) is 38.3 Å². The summed E-state index contributed by atoms with van der Waals surface area (Å²) < 4.78 is 5.24. The van der Waals surface area contributed by atoms with Gasteiger partial charge in [0.05, 0.1) is 6.61 Å². The van der Waals surface area contributed by atoms with Crippen LogP contribution in [0.3, 0.4) is 0 Å². The molecule has 1 heterocycles. The first-order valence-corrected chi connectivity index (χ1v) is 5.64. The van der Waals surface area contributed by atoms with Crippen molar-refractivity contribution in [1.82, 2.24) is 5.32 Å². The summed E-state index contributed by atoms with van der Waals surface area (Å²) >= 11 is 0. The van der Waals surface area contributed by atoms with Gasteiger partial charge in [-0.15, -0.1) is 0 Å². The van der Waals surface area contributed by atoms with Gasteiger partial charge < -0.3 is 10.1 Å². The summed E-state index contributed by atoms with van der Waals surface area (Å²) in [5.41, 5.74) is 0. The summed E-state index contributed by atoms with van der Waals surface area (Å²) in [6.07, 6.45) is 4.30. The Balaban J connectivity index is 2.13. The van der Waals surface area contributed by atoms with Crippen molar-refractivity contribution in [2.75, 3.05) is 13.2 Å². The van der Waals surface area contributed by atoms with E-state index in [4.69, 9.17) is 4.74 Å². The molecule has 0 spiro atoms. The number of esters is 1. The second-order valence-electron chi connectivity index (χ2n) is 4.17. The molecule has 82 valence electrons. The average Bonchev–Trinajstić information content (AvgIpc) is 2.67. The van der Waals surface area contributed by atoms with Crippen LogP contribution in [0.2, 0.25) is 0 Å². The van der Waals surface area contributed by atoms with Gasteiger partial charge in [-0.2, -0.15) is 0 Å². The van der Waals surface area contributed by atoms with Crippen LogP contribution in [0.5, 0.6) is 0 Å². The molecule has 3 heteroatoms. The third kappa shape index (κ3) is 3.66. The zero-order chi connectivity index (χ0) is 10.4. The van der Waals surface area contributed by atoms with E-state index in [2.05, 4.69) is 19.2 Å². The van der Waals surface area contributed by atoms with Crippen molar-refractivity contribution in [2.45, 2.75) is 45.6 Å². The maximum atomic E-state index is 11.5. The van der Waals surface area contributed by atoms with E-state index in [1.54, 1.807) is 0 Å². The van der Waals surface area contributed by atoms with Crippen molar-refractivity contribution in [1.29, 1.82) is 0 Å². The lowest BCUT2D eigenvalue weighted by Gasteiger charge is -2.13. The van der Waals surface area contributed by atoms with E-state index in [-0.39, 0.29) is 12.0 Å². The van der Waals surface area contributed by atoms with E-state index in [1.807, 2.05) is 0 Å². The molecule has 1 N–H and O–H groups in total. The molecular formula is C11H21NO2. The fourth-order valence-corrected chi connectivity index (χ4v) is 1.79. The Kier molecular flexibility index (Phi) is 4.94. The smallest absolute Gasteiger partial charge is 0.323 e. The van der Waals surface area contributed by atoms with Gasteiger partial charge in [-0.05, 0) is 31.7 Å². The van der Waals surface area contributed by atoms with Gasteiger partial charge in [0.2, 0.25) is 0 Å². The highest BCUT2D eigenvalue weighted by atomic mass is 16.5. The van der Waals surface area contributed by atoms with Gasteiger partial charge in [0, 0.05) is 0 Å². The van der Waals surface area contributed by atoms with Crippen molar-refractivity contribution in [3.63, 3.8) is 0 Å². The van der Waals surface area contributed by atoms with Gasteiger partial charge >= 0.3 is 5.97 Å².